The number of aryl methyl sites for hydroxylation is 1. The Morgan fingerprint density at radius 2 is 1.92 bits per heavy atom. The van der Waals surface area contributed by atoms with E-state index in [1.54, 1.807) is 43.6 Å². The molecular weight excluding hydrogens is 539 g/mol. The number of ether oxygens (including phenoxy) is 1. The predicted molar refractivity (Wildman–Crippen MR) is 140 cm³/mol. The number of nitrogens with zero attached hydrogens (tertiary/aromatic N) is 6. The molecular formula is C24H28ClFN6O5S. The topological polar surface area (TPSA) is 128 Å². The van der Waals surface area contributed by atoms with Gasteiger partial charge < -0.3 is 14.5 Å². The largest absolute Gasteiger partial charge is 0.444 e. The molecule has 0 bridgehead atoms. The third kappa shape index (κ3) is 5.30. The number of rotatable bonds is 3. The van der Waals surface area contributed by atoms with E-state index in [2.05, 4.69) is 15.0 Å². The lowest BCUT2D eigenvalue weighted by atomic mass is 10.1. The molecule has 1 atom stereocenters. The fourth-order valence-corrected chi connectivity index (χ4v) is 5.33. The number of hydrogen-bond donors (Lipinski definition) is 0. The summed E-state index contributed by atoms with van der Waals surface area (Å²) in [5.41, 5.74) is -1.20. The van der Waals surface area contributed by atoms with Crippen LogP contribution in [0.5, 0.6) is 0 Å². The molecule has 204 valence electrons. The molecule has 38 heavy (non-hydrogen) atoms. The lowest BCUT2D eigenvalue weighted by molar-refractivity contribution is 0.0218. The summed E-state index contributed by atoms with van der Waals surface area (Å²) >= 11 is 6.01. The number of sulfone groups is 1. The van der Waals surface area contributed by atoms with Crippen LogP contribution < -0.4 is 10.6 Å². The lowest BCUT2D eigenvalue weighted by Gasteiger charge is -2.41. The van der Waals surface area contributed by atoms with Crippen LogP contribution in [0.2, 0.25) is 5.15 Å². The Labute approximate surface area is 224 Å². The third-order valence-electron chi connectivity index (χ3n) is 5.98. The molecule has 0 saturated carbocycles. The lowest BCUT2D eigenvalue weighted by Crippen LogP contribution is -2.55. The van der Waals surface area contributed by atoms with Crippen LogP contribution in [0.3, 0.4) is 0 Å². The summed E-state index contributed by atoms with van der Waals surface area (Å²) in [5.74, 6) is -0.693. The van der Waals surface area contributed by atoms with Crippen LogP contribution in [0.25, 0.3) is 16.7 Å². The van der Waals surface area contributed by atoms with Crippen molar-refractivity contribution in [3.63, 3.8) is 0 Å². The zero-order valence-electron chi connectivity index (χ0n) is 21.8. The van der Waals surface area contributed by atoms with Crippen LogP contribution in [0, 0.1) is 12.7 Å². The van der Waals surface area contributed by atoms with Gasteiger partial charge in [0.05, 0.1) is 11.1 Å². The van der Waals surface area contributed by atoms with E-state index in [9.17, 15) is 22.4 Å². The number of fused-ring (bicyclic) bond motifs is 1. The number of carbonyl (C=O) groups is 1. The van der Waals surface area contributed by atoms with E-state index in [0.717, 1.165) is 16.9 Å². The highest BCUT2D eigenvalue weighted by molar-refractivity contribution is 7.90. The van der Waals surface area contributed by atoms with Crippen LogP contribution in [-0.4, -0.2) is 76.5 Å². The summed E-state index contributed by atoms with van der Waals surface area (Å²) in [5, 5.41) is -0.697. The molecule has 0 N–H and O–H groups in total. The maximum atomic E-state index is 14.7. The molecule has 4 rings (SSSR count). The van der Waals surface area contributed by atoms with E-state index in [1.807, 2.05) is 6.92 Å². The Morgan fingerprint density at radius 3 is 2.53 bits per heavy atom. The molecule has 1 fully saturated rings. The van der Waals surface area contributed by atoms with E-state index in [1.165, 1.54) is 6.20 Å². The zero-order chi connectivity index (χ0) is 28.2. The Bertz CT molecular complexity index is 1600. The number of piperazine rings is 1. The van der Waals surface area contributed by atoms with Gasteiger partial charge in [-0.25, -0.2) is 36.9 Å². The Balaban J connectivity index is 1.88. The average Bonchev–Trinajstić information content (AvgIpc) is 2.78. The van der Waals surface area contributed by atoms with Crippen molar-refractivity contribution in [3.8, 4) is 5.69 Å². The molecule has 0 radical (unpaired) electrons. The minimum atomic E-state index is -3.87. The van der Waals surface area contributed by atoms with Gasteiger partial charge in [0.25, 0.3) is 0 Å². The fourth-order valence-electron chi connectivity index (χ4n) is 4.34. The number of anilines is 1. The summed E-state index contributed by atoms with van der Waals surface area (Å²) in [6, 6.07) is 2.33. The molecule has 14 heteroatoms. The van der Waals surface area contributed by atoms with Crippen molar-refractivity contribution < 1.29 is 22.3 Å². The minimum absolute atomic E-state index is 0.0398. The Morgan fingerprint density at radius 1 is 1.24 bits per heavy atom. The van der Waals surface area contributed by atoms with Gasteiger partial charge in [0.1, 0.15) is 11.4 Å². The summed E-state index contributed by atoms with van der Waals surface area (Å²) < 4.78 is 46.2. The molecule has 0 aromatic carbocycles. The maximum absolute atomic E-state index is 14.7. The molecule has 4 heterocycles. The van der Waals surface area contributed by atoms with Crippen LogP contribution in [0.4, 0.5) is 15.0 Å². The van der Waals surface area contributed by atoms with Crippen molar-refractivity contribution in [2.45, 2.75) is 51.3 Å². The molecule has 1 aliphatic heterocycles. The van der Waals surface area contributed by atoms with Crippen LogP contribution in [-0.2, 0) is 14.6 Å². The summed E-state index contributed by atoms with van der Waals surface area (Å²) in [7, 11) is -3.87. The molecule has 3 aromatic rings. The first-order chi connectivity index (χ1) is 17.6. The predicted octanol–water partition coefficient (Wildman–Crippen LogP) is 3.13. The van der Waals surface area contributed by atoms with Crippen molar-refractivity contribution in [3.05, 3.63) is 45.3 Å². The highest BCUT2D eigenvalue weighted by Gasteiger charge is 2.33. The van der Waals surface area contributed by atoms with E-state index >= 15 is 0 Å². The second kappa shape index (κ2) is 9.77. The normalized spacial score (nSPS) is 16.7. The first kappa shape index (κ1) is 27.7. The molecule has 0 unspecified atom stereocenters. The zero-order valence-corrected chi connectivity index (χ0v) is 23.4. The van der Waals surface area contributed by atoms with Gasteiger partial charge in [0.2, 0.25) is 0 Å². The third-order valence-corrected chi connectivity index (χ3v) is 7.24. The van der Waals surface area contributed by atoms with E-state index in [0.29, 0.717) is 5.56 Å². The number of hydrogen-bond acceptors (Lipinski definition) is 9. The minimum Gasteiger partial charge on any atom is -0.444 e. The van der Waals surface area contributed by atoms with Gasteiger partial charge in [-0.15, -0.1) is 0 Å². The van der Waals surface area contributed by atoms with Crippen molar-refractivity contribution in [1.82, 2.24) is 24.4 Å². The van der Waals surface area contributed by atoms with Crippen LogP contribution >= 0.6 is 11.6 Å². The molecule has 3 aromatic heterocycles. The molecule has 1 aliphatic rings. The van der Waals surface area contributed by atoms with Crippen molar-refractivity contribution in [1.29, 1.82) is 0 Å². The van der Waals surface area contributed by atoms with E-state index < -0.39 is 38.2 Å². The second-order valence-electron chi connectivity index (χ2n) is 10.2. The molecule has 11 nitrogen and oxygen atoms in total. The van der Waals surface area contributed by atoms with Gasteiger partial charge >= 0.3 is 11.8 Å². The second-order valence-corrected chi connectivity index (χ2v) is 12.5. The van der Waals surface area contributed by atoms with E-state index in [-0.39, 0.29) is 53.2 Å². The van der Waals surface area contributed by atoms with E-state index in [4.69, 9.17) is 16.3 Å². The van der Waals surface area contributed by atoms with Gasteiger partial charge in [-0.2, -0.15) is 4.98 Å². The monoisotopic (exact) mass is 566 g/mol. The van der Waals surface area contributed by atoms with Gasteiger partial charge in [0, 0.05) is 38.1 Å². The SMILES string of the molecule is Cc1ccnc(S(C)(=O)=O)c1-n1c(=O)nc(N2CCN(C(=O)OC(C)(C)C)C[C@@H]2C)c2cc(F)c(Cl)nc21. The van der Waals surface area contributed by atoms with Gasteiger partial charge in [-0.05, 0) is 52.3 Å². The summed E-state index contributed by atoms with van der Waals surface area (Å²) in [6.07, 6.45) is 1.83. The Kier molecular flexibility index (Phi) is 7.12. The smallest absolute Gasteiger partial charge is 0.410 e. The summed E-state index contributed by atoms with van der Waals surface area (Å²) in [4.78, 5) is 41.8. The summed E-state index contributed by atoms with van der Waals surface area (Å²) in [6.45, 7) is 9.60. The Hall–Kier alpha value is -3.32. The maximum Gasteiger partial charge on any atom is 0.410 e. The molecule has 0 spiro atoms. The number of aromatic nitrogens is 4. The van der Waals surface area contributed by atoms with Gasteiger partial charge in [0.15, 0.2) is 31.5 Å². The van der Waals surface area contributed by atoms with Gasteiger partial charge in [-0.1, -0.05) is 11.6 Å². The van der Waals surface area contributed by atoms with Crippen molar-refractivity contribution >= 4 is 44.4 Å². The fraction of sp³-hybridized carbons (Fsp3) is 0.458. The van der Waals surface area contributed by atoms with Gasteiger partial charge in [-0.3, -0.25) is 0 Å². The highest BCUT2D eigenvalue weighted by atomic mass is 35.5. The standard InChI is InChI=1S/C24H28ClFN6O5S/c1-13-7-8-27-21(38(6,35)36)17(13)32-20-15(11-16(26)18(25)28-20)19(29-22(32)33)31-10-9-30(12-14(31)2)23(34)37-24(3,4)5/h7-8,11,14H,9-10,12H2,1-6H3/t14-/m0/s1. The highest BCUT2D eigenvalue weighted by Crippen LogP contribution is 2.31. The first-order valence-corrected chi connectivity index (χ1v) is 14.0. The molecule has 1 amide bonds. The molecule has 1 saturated heterocycles. The number of halogens is 2. The average molecular weight is 567 g/mol. The number of pyridine rings is 2. The number of carbonyl (C=O) groups excluding carboxylic acids is 1. The number of amides is 1. The van der Waals surface area contributed by atoms with Crippen molar-refractivity contribution in [2.24, 2.45) is 0 Å². The molecule has 0 aliphatic carbocycles. The van der Waals surface area contributed by atoms with Crippen molar-refractivity contribution in [2.75, 3.05) is 30.8 Å². The first-order valence-electron chi connectivity index (χ1n) is 11.8. The quantitative estimate of drug-likeness (QED) is 0.439. The van der Waals surface area contributed by atoms with Crippen LogP contribution in [0.15, 0.2) is 28.2 Å². The van der Waals surface area contributed by atoms with Crippen LogP contribution in [0.1, 0.15) is 33.3 Å².